The maximum atomic E-state index is 14.5. The van der Waals surface area contributed by atoms with E-state index >= 15 is 0 Å². The molecule has 1 rings (SSSR count). The summed E-state index contributed by atoms with van der Waals surface area (Å²) in [5.74, 6) is -0.453. The molecule has 0 fully saturated rings. The number of benzene rings is 1. The van der Waals surface area contributed by atoms with Gasteiger partial charge in [-0.15, -0.1) is 0 Å². The summed E-state index contributed by atoms with van der Waals surface area (Å²) in [6.45, 7) is 43.5. The normalized spacial score (nSPS) is 17.0. The van der Waals surface area contributed by atoms with Crippen molar-refractivity contribution in [3.8, 4) is 0 Å². The maximum Gasteiger partial charge on any atom is 0.274 e. The molecule has 8 nitrogen and oxygen atoms in total. The monoisotopic (exact) mass is 757 g/mol. The Morgan fingerprint density at radius 3 is 1.43 bits per heavy atom. The summed E-state index contributed by atoms with van der Waals surface area (Å²) in [4.78, 5) is 20.3. The molecule has 0 aliphatic heterocycles. The Bertz CT molecular complexity index is 1180. The maximum absolute atomic E-state index is 14.5. The first-order valence-electron chi connectivity index (χ1n) is 18.0. The Morgan fingerprint density at radius 1 is 0.633 bits per heavy atom. The Labute approximate surface area is 305 Å². The molecule has 12 heteroatoms. The number of nitrogens with one attached hydrogen (secondary N) is 1. The molecule has 0 aliphatic carbocycles. The van der Waals surface area contributed by atoms with Crippen LogP contribution >= 0.6 is 0 Å². The van der Waals surface area contributed by atoms with Crippen molar-refractivity contribution in [1.82, 2.24) is 5.48 Å². The van der Waals surface area contributed by atoms with Crippen LogP contribution in [0.15, 0.2) is 30.3 Å². The number of carbonyl (C=O) groups is 1. The van der Waals surface area contributed by atoms with E-state index in [1.807, 2.05) is 30.3 Å². The first-order valence-corrected chi connectivity index (χ1v) is 29.6. The summed E-state index contributed by atoms with van der Waals surface area (Å²) in [5, 5.41) is 11.6. The van der Waals surface area contributed by atoms with Crippen LogP contribution in [0.5, 0.6) is 0 Å². The van der Waals surface area contributed by atoms with Gasteiger partial charge in [-0.05, 0) is 78.1 Å². The lowest BCUT2D eigenvalue weighted by Crippen LogP contribution is -2.64. The van der Waals surface area contributed by atoms with E-state index in [-0.39, 0.29) is 33.4 Å². The fraction of sp³-hybridized carbons (Fsp3) is 0.811. The first-order chi connectivity index (χ1) is 21.7. The number of aliphatic hydroxyl groups is 1. The molecule has 0 unspecified atom stereocenters. The van der Waals surface area contributed by atoms with Gasteiger partial charge in [0.05, 0.1) is 13.2 Å². The van der Waals surface area contributed by atoms with Crippen LogP contribution in [0.25, 0.3) is 0 Å². The van der Waals surface area contributed by atoms with Crippen molar-refractivity contribution in [2.75, 3.05) is 6.61 Å². The van der Waals surface area contributed by atoms with Crippen molar-refractivity contribution >= 4 is 39.2 Å². The van der Waals surface area contributed by atoms with Crippen molar-refractivity contribution in [2.45, 2.75) is 187 Å². The minimum atomic E-state index is -2.60. The minimum Gasteiger partial charge on any atom is -0.414 e. The SMILES string of the molecule is CC(C)(C)[Si](C)(C)OC[C@@H](O)[C@@H](O[Si](C)(C)C(C)(C)C)[C@H](O[Si](C)(C)C(C)(C)C)[C@@H](O[Si](C)(C)C(C)(C)C)C(=O)NOCc1ccccc1. The third-order valence-corrected chi connectivity index (χ3v) is 29.5. The average molecular weight is 758 g/mol. The second-order valence-corrected chi connectivity index (χ2v) is 38.9. The van der Waals surface area contributed by atoms with Crippen molar-refractivity contribution in [1.29, 1.82) is 0 Å². The fourth-order valence-electron chi connectivity index (χ4n) is 3.89. The van der Waals surface area contributed by atoms with E-state index < -0.39 is 63.6 Å². The molecule has 0 saturated carbocycles. The molecular weight excluding hydrogens is 683 g/mol. The van der Waals surface area contributed by atoms with Crippen LogP contribution < -0.4 is 5.48 Å². The Kier molecular flexibility index (Phi) is 15.7. The number of hydrogen-bond donors (Lipinski definition) is 2. The summed E-state index contributed by atoms with van der Waals surface area (Å²) < 4.78 is 28.1. The van der Waals surface area contributed by atoms with Gasteiger partial charge in [0.15, 0.2) is 39.4 Å². The zero-order valence-electron chi connectivity index (χ0n) is 35.0. The highest BCUT2D eigenvalue weighted by Gasteiger charge is 2.53. The van der Waals surface area contributed by atoms with Gasteiger partial charge in [-0.1, -0.05) is 113 Å². The number of amides is 1. The van der Waals surface area contributed by atoms with Gasteiger partial charge in [-0.3, -0.25) is 9.63 Å². The second-order valence-electron chi connectivity index (χ2n) is 19.9. The molecule has 0 spiro atoms. The average Bonchev–Trinajstić information content (AvgIpc) is 2.90. The summed E-state index contributed by atoms with van der Waals surface area (Å²) in [6.07, 6.45) is -4.05. The number of hydrogen-bond acceptors (Lipinski definition) is 7. The summed E-state index contributed by atoms with van der Waals surface area (Å²) in [5.41, 5.74) is 3.64. The van der Waals surface area contributed by atoms with E-state index in [9.17, 15) is 9.90 Å². The topological polar surface area (TPSA) is 95.5 Å². The zero-order chi connectivity index (χ0) is 38.7. The summed E-state index contributed by atoms with van der Waals surface area (Å²) in [6, 6.07) is 9.70. The molecule has 0 heterocycles. The van der Waals surface area contributed by atoms with E-state index in [0.717, 1.165) is 5.56 Å². The standard InChI is InChI=1S/C37H75NO7Si4/c1-34(2,3)46(13,14)42-27-29(39)30(43-47(15,16)35(4,5)6)31(44-48(17,18)36(7,8)9)32(45-49(19,20)37(10,11)12)33(40)38-41-26-28-24-22-21-23-25-28/h21-25,29-32,39H,26-27H2,1-20H3,(H,38,40)/t29-,30-,31+,32-/m1/s1. The zero-order valence-corrected chi connectivity index (χ0v) is 39.0. The molecule has 0 radical (unpaired) electrons. The van der Waals surface area contributed by atoms with E-state index in [0.29, 0.717) is 0 Å². The summed E-state index contributed by atoms with van der Waals surface area (Å²) in [7, 11) is -9.98. The molecule has 0 aliphatic rings. The van der Waals surface area contributed by atoms with Crippen LogP contribution in [0.1, 0.15) is 88.6 Å². The predicted octanol–water partition coefficient (Wildman–Crippen LogP) is 9.79. The second kappa shape index (κ2) is 16.5. The van der Waals surface area contributed by atoms with Gasteiger partial charge >= 0.3 is 0 Å². The molecule has 4 atom stereocenters. The van der Waals surface area contributed by atoms with Crippen LogP contribution in [0, 0.1) is 0 Å². The van der Waals surface area contributed by atoms with Crippen LogP contribution in [-0.2, 0) is 33.9 Å². The quantitative estimate of drug-likeness (QED) is 0.128. The largest absolute Gasteiger partial charge is 0.414 e. The number of carbonyl (C=O) groups excluding carboxylic acids is 1. The lowest BCUT2D eigenvalue weighted by Gasteiger charge is -2.49. The van der Waals surface area contributed by atoms with Gasteiger partial charge < -0.3 is 22.8 Å². The molecule has 0 saturated heterocycles. The van der Waals surface area contributed by atoms with E-state index in [1.54, 1.807) is 0 Å². The van der Waals surface area contributed by atoms with Gasteiger partial charge in [0, 0.05) is 0 Å². The predicted molar refractivity (Wildman–Crippen MR) is 215 cm³/mol. The third-order valence-electron chi connectivity index (χ3n) is 11.6. The minimum absolute atomic E-state index is 0.0521. The van der Waals surface area contributed by atoms with E-state index in [1.165, 1.54) is 0 Å². The van der Waals surface area contributed by atoms with Crippen LogP contribution in [0.2, 0.25) is 72.5 Å². The van der Waals surface area contributed by atoms with Gasteiger partial charge in [-0.25, -0.2) is 5.48 Å². The third kappa shape index (κ3) is 13.0. The molecule has 1 aromatic rings. The molecular formula is C37H75NO7Si4. The van der Waals surface area contributed by atoms with E-state index in [4.69, 9.17) is 22.5 Å². The molecule has 1 aromatic carbocycles. The van der Waals surface area contributed by atoms with Gasteiger partial charge in [0.25, 0.3) is 5.91 Å². The van der Waals surface area contributed by atoms with Crippen molar-refractivity contribution in [3.63, 3.8) is 0 Å². The summed E-state index contributed by atoms with van der Waals surface area (Å²) >= 11 is 0. The van der Waals surface area contributed by atoms with Crippen molar-refractivity contribution in [2.24, 2.45) is 0 Å². The smallest absolute Gasteiger partial charge is 0.274 e. The number of rotatable bonds is 16. The van der Waals surface area contributed by atoms with E-state index in [2.05, 4.69) is 141 Å². The Balaban J connectivity index is 3.95. The van der Waals surface area contributed by atoms with Gasteiger partial charge in [0.1, 0.15) is 18.3 Å². The van der Waals surface area contributed by atoms with Crippen LogP contribution in [-0.4, -0.2) is 75.3 Å². The molecule has 49 heavy (non-hydrogen) atoms. The first kappa shape index (κ1) is 46.3. The lowest BCUT2D eigenvalue weighted by molar-refractivity contribution is -0.155. The Morgan fingerprint density at radius 2 is 1.02 bits per heavy atom. The van der Waals surface area contributed by atoms with Crippen molar-refractivity contribution < 1.29 is 32.4 Å². The Hall–Kier alpha value is -0.682. The molecule has 1 amide bonds. The number of hydroxylamine groups is 1. The highest BCUT2D eigenvalue weighted by Crippen LogP contribution is 2.44. The molecule has 0 bridgehead atoms. The van der Waals surface area contributed by atoms with Crippen LogP contribution in [0.3, 0.4) is 0 Å². The molecule has 286 valence electrons. The molecule has 0 aromatic heterocycles. The molecule has 2 N–H and O–H groups in total. The van der Waals surface area contributed by atoms with Gasteiger partial charge in [0.2, 0.25) is 0 Å². The highest BCUT2D eigenvalue weighted by molar-refractivity contribution is 6.75. The van der Waals surface area contributed by atoms with Crippen LogP contribution in [0.4, 0.5) is 0 Å². The van der Waals surface area contributed by atoms with Gasteiger partial charge in [-0.2, -0.15) is 0 Å². The fourth-order valence-corrected chi connectivity index (χ4v) is 8.76. The highest BCUT2D eigenvalue weighted by atomic mass is 28.4. The number of aliphatic hydroxyl groups excluding tert-OH is 1. The van der Waals surface area contributed by atoms with Crippen molar-refractivity contribution in [3.05, 3.63) is 35.9 Å². The lowest BCUT2D eigenvalue weighted by atomic mass is 10.0.